The summed E-state index contributed by atoms with van der Waals surface area (Å²) in [5.74, 6) is 0.0878. The summed E-state index contributed by atoms with van der Waals surface area (Å²) in [5, 5.41) is 15.2. The highest BCUT2D eigenvalue weighted by Gasteiger charge is 2.26. The molecule has 3 rings (SSSR count). The lowest BCUT2D eigenvalue weighted by molar-refractivity contribution is -0.125. The number of carbonyl (C=O) groups is 1. The van der Waals surface area contributed by atoms with Crippen molar-refractivity contribution in [3.05, 3.63) is 30.1 Å². The van der Waals surface area contributed by atoms with Crippen LogP contribution in [0.5, 0.6) is 0 Å². The second-order valence-electron chi connectivity index (χ2n) is 6.13. The van der Waals surface area contributed by atoms with Crippen LogP contribution in [-0.2, 0) is 20.8 Å². The molecule has 0 radical (unpaired) electrons. The van der Waals surface area contributed by atoms with Gasteiger partial charge in [0.05, 0.1) is 19.2 Å². The standard InChI is InChI=1S/C17H22FN5O3/c1-25-15-11-26-10-8-14(15)19-16(24)3-2-9-23-21-17(20-22-23)12-4-6-13(18)7-5-12/h4-7,14-15H,2-3,8-11H2,1H3,(H,19,24)/t14-,15-/m1/s1. The summed E-state index contributed by atoms with van der Waals surface area (Å²) in [5.41, 5.74) is 0.695. The summed E-state index contributed by atoms with van der Waals surface area (Å²) in [6, 6.07) is 5.89. The summed E-state index contributed by atoms with van der Waals surface area (Å²) < 4.78 is 23.6. The van der Waals surface area contributed by atoms with E-state index in [4.69, 9.17) is 9.47 Å². The molecule has 1 saturated heterocycles. The Bertz CT molecular complexity index is 721. The molecular formula is C17H22FN5O3. The third-order valence-electron chi connectivity index (χ3n) is 4.27. The minimum absolute atomic E-state index is 0.0178. The lowest BCUT2D eigenvalue weighted by Crippen LogP contribution is -2.49. The van der Waals surface area contributed by atoms with Gasteiger partial charge in [-0.25, -0.2) is 4.39 Å². The van der Waals surface area contributed by atoms with Gasteiger partial charge in [0.2, 0.25) is 11.7 Å². The molecule has 0 spiro atoms. The minimum atomic E-state index is -0.313. The van der Waals surface area contributed by atoms with Crippen LogP contribution >= 0.6 is 0 Å². The van der Waals surface area contributed by atoms with Gasteiger partial charge in [-0.05, 0) is 42.3 Å². The molecule has 1 aliphatic rings. The van der Waals surface area contributed by atoms with Crippen LogP contribution in [-0.4, -0.2) is 58.6 Å². The Morgan fingerprint density at radius 3 is 3.00 bits per heavy atom. The van der Waals surface area contributed by atoms with Crippen molar-refractivity contribution in [2.24, 2.45) is 0 Å². The summed E-state index contributed by atoms with van der Waals surface area (Å²) in [7, 11) is 1.62. The van der Waals surface area contributed by atoms with E-state index in [1.54, 1.807) is 19.2 Å². The lowest BCUT2D eigenvalue weighted by Gasteiger charge is -2.31. The Kier molecular flexibility index (Phi) is 6.24. The number of nitrogens with zero attached hydrogens (tertiary/aromatic N) is 4. The first-order valence-corrected chi connectivity index (χ1v) is 8.59. The zero-order valence-corrected chi connectivity index (χ0v) is 14.6. The van der Waals surface area contributed by atoms with Crippen molar-refractivity contribution in [3.63, 3.8) is 0 Å². The van der Waals surface area contributed by atoms with Crippen molar-refractivity contribution >= 4 is 5.91 Å². The average Bonchev–Trinajstić information content (AvgIpc) is 3.11. The van der Waals surface area contributed by atoms with Gasteiger partial charge in [0.15, 0.2) is 0 Å². The number of hydrogen-bond acceptors (Lipinski definition) is 6. The molecule has 2 aromatic rings. The van der Waals surface area contributed by atoms with Crippen LogP contribution in [0.25, 0.3) is 11.4 Å². The molecule has 2 atom stereocenters. The van der Waals surface area contributed by atoms with Gasteiger partial charge < -0.3 is 14.8 Å². The number of hydrogen-bond donors (Lipinski definition) is 1. The largest absolute Gasteiger partial charge is 0.379 e. The molecule has 8 nitrogen and oxygen atoms in total. The Hall–Kier alpha value is -2.39. The second-order valence-corrected chi connectivity index (χ2v) is 6.13. The van der Waals surface area contributed by atoms with Gasteiger partial charge in [0, 0.05) is 25.7 Å². The van der Waals surface area contributed by atoms with Crippen molar-refractivity contribution in [1.82, 2.24) is 25.5 Å². The molecule has 1 aromatic heterocycles. The van der Waals surface area contributed by atoms with Crippen LogP contribution in [0.2, 0.25) is 0 Å². The first kappa shape index (κ1) is 18.4. The predicted molar refractivity (Wildman–Crippen MR) is 90.6 cm³/mol. The number of halogens is 1. The highest BCUT2D eigenvalue weighted by Crippen LogP contribution is 2.14. The van der Waals surface area contributed by atoms with E-state index in [1.807, 2.05) is 0 Å². The van der Waals surface area contributed by atoms with Gasteiger partial charge in [-0.15, -0.1) is 10.2 Å². The van der Waals surface area contributed by atoms with Crippen molar-refractivity contribution in [1.29, 1.82) is 0 Å². The quantitative estimate of drug-likeness (QED) is 0.794. The Morgan fingerprint density at radius 2 is 2.23 bits per heavy atom. The van der Waals surface area contributed by atoms with E-state index in [1.165, 1.54) is 16.9 Å². The Balaban J connectivity index is 1.44. The van der Waals surface area contributed by atoms with Gasteiger partial charge in [0.25, 0.3) is 0 Å². The van der Waals surface area contributed by atoms with Crippen LogP contribution in [0.15, 0.2) is 24.3 Å². The summed E-state index contributed by atoms with van der Waals surface area (Å²) in [6.07, 6.45) is 1.59. The maximum atomic E-state index is 13.0. The summed E-state index contributed by atoms with van der Waals surface area (Å²) in [6.45, 7) is 1.60. The molecule has 0 bridgehead atoms. The van der Waals surface area contributed by atoms with E-state index in [2.05, 4.69) is 20.7 Å². The highest BCUT2D eigenvalue weighted by molar-refractivity contribution is 5.76. The van der Waals surface area contributed by atoms with Crippen molar-refractivity contribution in [2.75, 3.05) is 20.3 Å². The molecule has 1 aliphatic heterocycles. The number of aromatic nitrogens is 4. The van der Waals surface area contributed by atoms with E-state index in [0.717, 1.165) is 6.42 Å². The Morgan fingerprint density at radius 1 is 1.42 bits per heavy atom. The fraction of sp³-hybridized carbons (Fsp3) is 0.529. The molecule has 1 aromatic carbocycles. The zero-order chi connectivity index (χ0) is 18.4. The van der Waals surface area contributed by atoms with Gasteiger partial charge in [-0.3, -0.25) is 4.79 Å². The highest BCUT2D eigenvalue weighted by atomic mass is 19.1. The Labute approximate surface area is 150 Å². The number of tetrazole rings is 1. The van der Waals surface area contributed by atoms with Crippen LogP contribution in [0, 0.1) is 5.82 Å². The number of nitrogens with one attached hydrogen (secondary N) is 1. The maximum absolute atomic E-state index is 13.0. The third-order valence-corrected chi connectivity index (χ3v) is 4.27. The number of benzene rings is 1. The summed E-state index contributed by atoms with van der Waals surface area (Å²) in [4.78, 5) is 13.6. The summed E-state index contributed by atoms with van der Waals surface area (Å²) >= 11 is 0. The van der Waals surface area contributed by atoms with Crippen molar-refractivity contribution in [2.45, 2.75) is 38.0 Å². The zero-order valence-electron chi connectivity index (χ0n) is 14.6. The minimum Gasteiger partial charge on any atom is -0.379 e. The van der Waals surface area contributed by atoms with Gasteiger partial charge >= 0.3 is 0 Å². The van der Waals surface area contributed by atoms with Gasteiger partial charge in [-0.1, -0.05) is 0 Å². The maximum Gasteiger partial charge on any atom is 0.220 e. The molecule has 0 saturated carbocycles. The number of carbonyl (C=O) groups excluding carboxylic acids is 1. The first-order valence-electron chi connectivity index (χ1n) is 8.59. The van der Waals surface area contributed by atoms with E-state index in [0.29, 0.717) is 44.0 Å². The molecule has 0 unspecified atom stereocenters. The number of ether oxygens (including phenoxy) is 2. The van der Waals surface area contributed by atoms with Crippen molar-refractivity contribution in [3.8, 4) is 11.4 Å². The molecule has 0 aliphatic carbocycles. The van der Waals surface area contributed by atoms with E-state index < -0.39 is 0 Å². The monoisotopic (exact) mass is 363 g/mol. The molecule has 140 valence electrons. The molecule has 9 heteroatoms. The molecule has 1 amide bonds. The predicted octanol–water partition coefficient (Wildman–Crippen LogP) is 1.18. The fourth-order valence-corrected chi connectivity index (χ4v) is 2.82. The first-order chi connectivity index (χ1) is 12.7. The van der Waals surface area contributed by atoms with Gasteiger partial charge in [0.1, 0.15) is 11.9 Å². The average molecular weight is 363 g/mol. The fourth-order valence-electron chi connectivity index (χ4n) is 2.82. The SMILES string of the molecule is CO[C@@H]1COCC[C@H]1NC(=O)CCCn1nnc(-c2ccc(F)cc2)n1. The molecular weight excluding hydrogens is 341 g/mol. The van der Waals surface area contributed by atoms with Crippen LogP contribution in [0.1, 0.15) is 19.3 Å². The number of amides is 1. The molecule has 1 N–H and O–H groups in total. The van der Waals surface area contributed by atoms with E-state index in [9.17, 15) is 9.18 Å². The van der Waals surface area contributed by atoms with Crippen LogP contribution in [0.3, 0.4) is 0 Å². The smallest absolute Gasteiger partial charge is 0.220 e. The van der Waals surface area contributed by atoms with Crippen LogP contribution < -0.4 is 5.32 Å². The van der Waals surface area contributed by atoms with E-state index in [-0.39, 0.29) is 23.9 Å². The number of rotatable bonds is 7. The number of methoxy groups -OCH3 is 1. The van der Waals surface area contributed by atoms with Crippen LogP contribution in [0.4, 0.5) is 4.39 Å². The van der Waals surface area contributed by atoms with E-state index >= 15 is 0 Å². The molecule has 26 heavy (non-hydrogen) atoms. The normalized spacial score (nSPS) is 20.1. The second kappa shape index (κ2) is 8.81. The molecule has 1 fully saturated rings. The third kappa shape index (κ3) is 4.83. The number of aryl methyl sites for hydroxylation is 1. The van der Waals surface area contributed by atoms with Crippen molar-refractivity contribution < 1.29 is 18.7 Å². The van der Waals surface area contributed by atoms with Gasteiger partial charge in [-0.2, -0.15) is 4.80 Å². The topological polar surface area (TPSA) is 91.2 Å². The molecule has 2 heterocycles. The lowest BCUT2D eigenvalue weighted by atomic mass is 10.1.